The van der Waals surface area contributed by atoms with Gasteiger partial charge in [0, 0.05) is 7.11 Å². The number of rotatable bonds is 4. The SMILES string of the molecule is CO[C@H]1C(COC(=O)c2ccccc2)OC(O)[C@@H]1O. The zero-order valence-electron chi connectivity index (χ0n) is 10.4. The van der Waals surface area contributed by atoms with Gasteiger partial charge in [-0.25, -0.2) is 4.79 Å². The molecule has 104 valence electrons. The highest BCUT2D eigenvalue weighted by Gasteiger charge is 2.43. The number of methoxy groups -OCH3 is 1. The summed E-state index contributed by atoms with van der Waals surface area (Å²) >= 11 is 0. The molecule has 2 unspecified atom stereocenters. The first-order valence-electron chi connectivity index (χ1n) is 5.90. The Morgan fingerprint density at radius 3 is 2.63 bits per heavy atom. The van der Waals surface area contributed by atoms with E-state index in [1.165, 1.54) is 7.11 Å². The first-order chi connectivity index (χ1) is 9.13. The molecule has 2 rings (SSSR count). The molecule has 1 aliphatic rings. The van der Waals surface area contributed by atoms with E-state index < -0.39 is 30.6 Å². The van der Waals surface area contributed by atoms with Crippen molar-refractivity contribution in [2.75, 3.05) is 13.7 Å². The number of aliphatic hydroxyl groups is 2. The van der Waals surface area contributed by atoms with Crippen LogP contribution in [0.1, 0.15) is 10.4 Å². The molecule has 0 spiro atoms. The maximum absolute atomic E-state index is 11.7. The summed E-state index contributed by atoms with van der Waals surface area (Å²) in [5, 5.41) is 18.9. The van der Waals surface area contributed by atoms with Crippen LogP contribution in [0.3, 0.4) is 0 Å². The third-order valence-electron chi connectivity index (χ3n) is 2.97. The summed E-state index contributed by atoms with van der Waals surface area (Å²) in [6.07, 6.45) is -3.89. The van der Waals surface area contributed by atoms with E-state index >= 15 is 0 Å². The predicted molar refractivity (Wildman–Crippen MR) is 64.4 cm³/mol. The fourth-order valence-electron chi connectivity index (χ4n) is 1.96. The van der Waals surface area contributed by atoms with E-state index in [2.05, 4.69) is 0 Å². The summed E-state index contributed by atoms with van der Waals surface area (Å²) in [6.45, 7) is -0.0969. The zero-order chi connectivity index (χ0) is 13.8. The Morgan fingerprint density at radius 2 is 2.00 bits per heavy atom. The van der Waals surface area contributed by atoms with Crippen molar-refractivity contribution in [1.82, 2.24) is 0 Å². The van der Waals surface area contributed by atoms with Gasteiger partial charge in [-0.15, -0.1) is 0 Å². The van der Waals surface area contributed by atoms with Gasteiger partial charge in [0.1, 0.15) is 24.9 Å². The average Bonchev–Trinajstić information content (AvgIpc) is 2.72. The topological polar surface area (TPSA) is 85.2 Å². The molecule has 2 N–H and O–H groups in total. The van der Waals surface area contributed by atoms with Crippen molar-refractivity contribution in [3.05, 3.63) is 35.9 Å². The quantitative estimate of drug-likeness (QED) is 0.744. The van der Waals surface area contributed by atoms with E-state index in [0.717, 1.165) is 0 Å². The van der Waals surface area contributed by atoms with Crippen LogP contribution < -0.4 is 0 Å². The molecule has 1 heterocycles. The lowest BCUT2D eigenvalue weighted by Gasteiger charge is -2.17. The van der Waals surface area contributed by atoms with Gasteiger partial charge in [0.25, 0.3) is 0 Å². The van der Waals surface area contributed by atoms with Crippen molar-refractivity contribution in [2.45, 2.75) is 24.6 Å². The largest absolute Gasteiger partial charge is 0.459 e. The molecule has 19 heavy (non-hydrogen) atoms. The summed E-state index contributed by atoms with van der Waals surface area (Å²) in [5.41, 5.74) is 0.426. The van der Waals surface area contributed by atoms with E-state index in [0.29, 0.717) is 5.56 Å². The highest BCUT2D eigenvalue weighted by molar-refractivity contribution is 5.89. The molecule has 0 aromatic heterocycles. The number of aliphatic hydroxyl groups excluding tert-OH is 2. The van der Waals surface area contributed by atoms with E-state index in [9.17, 15) is 15.0 Å². The third-order valence-corrected chi connectivity index (χ3v) is 2.97. The second-order valence-corrected chi connectivity index (χ2v) is 4.22. The molecular formula is C13H16O6. The van der Waals surface area contributed by atoms with Gasteiger partial charge in [-0.1, -0.05) is 18.2 Å². The van der Waals surface area contributed by atoms with Crippen LogP contribution in [0.25, 0.3) is 0 Å². The second-order valence-electron chi connectivity index (χ2n) is 4.22. The molecule has 1 aliphatic heterocycles. The van der Waals surface area contributed by atoms with Gasteiger partial charge in [0.2, 0.25) is 0 Å². The minimum absolute atomic E-state index is 0.0969. The summed E-state index contributed by atoms with van der Waals surface area (Å²) in [7, 11) is 1.39. The number of hydrogen-bond donors (Lipinski definition) is 2. The van der Waals surface area contributed by atoms with E-state index in [4.69, 9.17) is 14.2 Å². The van der Waals surface area contributed by atoms with E-state index in [-0.39, 0.29) is 6.61 Å². The first-order valence-corrected chi connectivity index (χ1v) is 5.90. The van der Waals surface area contributed by atoms with Crippen molar-refractivity contribution in [3.63, 3.8) is 0 Å². The normalized spacial score (nSPS) is 30.3. The van der Waals surface area contributed by atoms with Crippen LogP contribution in [0, 0.1) is 0 Å². The molecule has 6 heteroatoms. The van der Waals surface area contributed by atoms with Gasteiger partial charge in [0.15, 0.2) is 6.29 Å². The maximum Gasteiger partial charge on any atom is 0.338 e. The monoisotopic (exact) mass is 268 g/mol. The number of hydrogen-bond acceptors (Lipinski definition) is 6. The molecule has 1 aromatic carbocycles. The predicted octanol–water partition coefficient (Wildman–Crippen LogP) is -0.0635. The molecule has 6 nitrogen and oxygen atoms in total. The van der Waals surface area contributed by atoms with Crippen LogP contribution in [-0.4, -0.2) is 54.5 Å². The van der Waals surface area contributed by atoms with Crippen LogP contribution in [-0.2, 0) is 14.2 Å². The van der Waals surface area contributed by atoms with Crippen LogP contribution in [0.2, 0.25) is 0 Å². The molecule has 0 bridgehead atoms. The van der Waals surface area contributed by atoms with Crippen molar-refractivity contribution >= 4 is 5.97 Å². The third kappa shape index (κ3) is 3.10. The molecule has 1 aromatic rings. The smallest absolute Gasteiger partial charge is 0.338 e. The second kappa shape index (κ2) is 6.12. The van der Waals surface area contributed by atoms with Gasteiger partial charge < -0.3 is 24.4 Å². The summed E-state index contributed by atoms with van der Waals surface area (Å²) < 4.78 is 15.2. The van der Waals surface area contributed by atoms with Crippen LogP contribution in [0.5, 0.6) is 0 Å². The van der Waals surface area contributed by atoms with Crippen molar-refractivity contribution in [3.8, 4) is 0 Å². The summed E-state index contributed by atoms with van der Waals surface area (Å²) in [5.74, 6) is -0.491. The Hall–Kier alpha value is -1.47. The van der Waals surface area contributed by atoms with Crippen molar-refractivity contribution < 1.29 is 29.2 Å². The lowest BCUT2D eigenvalue weighted by molar-refractivity contribution is -0.133. The number of ether oxygens (including phenoxy) is 3. The molecular weight excluding hydrogens is 252 g/mol. The molecule has 0 radical (unpaired) electrons. The number of benzene rings is 1. The number of esters is 1. The number of carbonyl (C=O) groups is 1. The maximum atomic E-state index is 11.7. The standard InChI is InChI=1S/C13H16O6/c1-17-11-9(19-13(16)10(11)14)7-18-12(15)8-5-3-2-4-6-8/h2-6,9-11,13-14,16H,7H2,1H3/t9?,10-,11+,13?/m1/s1. The van der Waals surface area contributed by atoms with Gasteiger partial charge in [-0.05, 0) is 12.1 Å². The zero-order valence-corrected chi connectivity index (χ0v) is 10.4. The highest BCUT2D eigenvalue weighted by atomic mass is 16.7. The average molecular weight is 268 g/mol. The van der Waals surface area contributed by atoms with Crippen molar-refractivity contribution in [2.24, 2.45) is 0 Å². The molecule has 1 saturated heterocycles. The van der Waals surface area contributed by atoms with E-state index in [1.54, 1.807) is 30.3 Å². The Bertz CT molecular complexity index is 420. The van der Waals surface area contributed by atoms with Crippen molar-refractivity contribution in [1.29, 1.82) is 0 Å². The summed E-state index contributed by atoms with van der Waals surface area (Å²) in [6, 6.07) is 8.53. The fourth-order valence-corrected chi connectivity index (χ4v) is 1.96. The van der Waals surface area contributed by atoms with Crippen LogP contribution >= 0.6 is 0 Å². The Morgan fingerprint density at radius 1 is 1.32 bits per heavy atom. The van der Waals surface area contributed by atoms with Gasteiger partial charge >= 0.3 is 5.97 Å². The van der Waals surface area contributed by atoms with Gasteiger partial charge in [0.05, 0.1) is 5.56 Å². The van der Waals surface area contributed by atoms with Crippen LogP contribution in [0.4, 0.5) is 0 Å². The fraction of sp³-hybridized carbons (Fsp3) is 0.462. The molecule has 1 fully saturated rings. The van der Waals surface area contributed by atoms with Gasteiger partial charge in [-0.3, -0.25) is 0 Å². The Kier molecular flexibility index (Phi) is 4.49. The lowest BCUT2D eigenvalue weighted by Crippen LogP contribution is -2.36. The molecule has 0 amide bonds. The molecule has 0 aliphatic carbocycles. The minimum Gasteiger partial charge on any atom is -0.459 e. The first kappa shape index (κ1) is 14.0. The molecule has 4 atom stereocenters. The lowest BCUT2D eigenvalue weighted by atomic mass is 10.1. The molecule has 0 saturated carbocycles. The highest BCUT2D eigenvalue weighted by Crippen LogP contribution is 2.22. The number of carbonyl (C=O) groups excluding carboxylic acids is 1. The summed E-state index contributed by atoms with van der Waals surface area (Å²) in [4.78, 5) is 11.7. The minimum atomic E-state index is -1.33. The Labute approximate surface area is 110 Å². The van der Waals surface area contributed by atoms with E-state index in [1.807, 2.05) is 0 Å². The Balaban J connectivity index is 1.90. The van der Waals surface area contributed by atoms with Crippen LogP contribution in [0.15, 0.2) is 30.3 Å². The van der Waals surface area contributed by atoms with Gasteiger partial charge in [-0.2, -0.15) is 0 Å².